The molecule has 3 aromatic rings. The first-order chi connectivity index (χ1) is 13.6. The van der Waals surface area contributed by atoms with E-state index in [9.17, 15) is 4.79 Å². The summed E-state index contributed by atoms with van der Waals surface area (Å²) < 4.78 is 6.57. The zero-order valence-electron chi connectivity index (χ0n) is 15.7. The van der Waals surface area contributed by atoms with Gasteiger partial charge in [-0.25, -0.2) is 0 Å². The molecule has 2 heterocycles. The molecular weight excluding hydrogens is 376 g/mol. The SMILES string of the molecule is C1COCCN1.Cn1nc(-c2cccc(Cl)c2)cc1C(=O)Nc1ccccc1. The van der Waals surface area contributed by atoms with Gasteiger partial charge in [0.1, 0.15) is 5.69 Å². The van der Waals surface area contributed by atoms with Crippen molar-refractivity contribution in [3.05, 3.63) is 71.4 Å². The second kappa shape index (κ2) is 10.0. The lowest BCUT2D eigenvalue weighted by Crippen LogP contribution is -2.30. The first-order valence-electron chi connectivity index (χ1n) is 9.08. The Morgan fingerprint density at radius 3 is 2.46 bits per heavy atom. The summed E-state index contributed by atoms with van der Waals surface area (Å²) in [4.78, 5) is 12.3. The van der Waals surface area contributed by atoms with Crippen molar-refractivity contribution >= 4 is 23.2 Å². The maximum absolute atomic E-state index is 12.3. The highest BCUT2D eigenvalue weighted by molar-refractivity contribution is 6.30. The second-order valence-corrected chi connectivity index (χ2v) is 6.67. The number of anilines is 1. The topological polar surface area (TPSA) is 68.2 Å². The zero-order chi connectivity index (χ0) is 19.8. The third kappa shape index (κ3) is 5.66. The van der Waals surface area contributed by atoms with Gasteiger partial charge in [-0.3, -0.25) is 9.48 Å². The van der Waals surface area contributed by atoms with Crippen LogP contribution in [0.2, 0.25) is 5.02 Å². The van der Waals surface area contributed by atoms with Crippen LogP contribution in [0.15, 0.2) is 60.7 Å². The molecule has 146 valence electrons. The number of nitrogens with zero attached hydrogens (tertiary/aromatic N) is 2. The van der Waals surface area contributed by atoms with E-state index < -0.39 is 0 Å². The molecular formula is C21H23ClN4O2. The fraction of sp³-hybridized carbons (Fsp3) is 0.238. The third-order valence-electron chi connectivity index (χ3n) is 4.11. The number of rotatable bonds is 3. The lowest BCUT2D eigenvalue weighted by Gasteiger charge is -2.10. The number of aryl methyl sites for hydroxylation is 1. The summed E-state index contributed by atoms with van der Waals surface area (Å²) >= 11 is 6.00. The minimum absolute atomic E-state index is 0.200. The molecule has 1 fully saturated rings. The predicted molar refractivity (Wildman–Crippen MR) is 112 cm³/mol. The Morgan fingerprint density at radius 2 is 1.86 bits per heavy atom. The lowest BCUT2D eigenvalue weighted by molar-refractivity contribution is 0.101. The molecule has 1 saturated heterocycles. The van der Waals surface area contributed by atoms with Crippen molar-refractivity contribution < 1.29 is 9.53 Å². The normalized spacial score (nSPS) is 13.4. The van der Waals surface area contributed by atoms with Gasteiger partial charge in [0, 0.05) is 36.4 Å². The summed E-state index contributed by atoms with van der Waals surface area (Å²) in [6, 6.07) is 18.5. The van der Waals surface area contributed by atoms with Gasteiger partial charge in [-0.2, -0.15) is 5.10 Å². The Kier molecular flexibility index (Phi) is 7.19. The molecule has 0 radical (unpaired) electrons. The van der Waals surface area contributed by atoms with Gasteiger partial charge in [0.2, 0.25) is 0 Å². The molecule has 6 nitrogen and oxygen atoms in total. The van der Waals surface area contributed by atoms with E-state index in [0.717, 1.165) is 37.6 Å². The number of carbonyl (C=O) groups is 1. The van der Waals surface area contributed by atoms with Gasteiger partial charge in [0.05, 0.1) is 18.9 Å². The van der Waals surface area contributed by atoms with Crippen LogP contribution in [0.3, 0.4) is 0 Å². The first kappa shape index (κ1) is 20.1. The molecule has 1 aliphatic rings. The van der Waals surface area contributed by atoms with Gasteiger partial charge < -0.3 is 15.4 Å². The van der Waals surface area contributed by atoms with E-state index in [1.54, 1.807) is 23.9 Å². The average molecular weight is 399 g/mol. The number of morpholine rings is 1. The van der Waals surface area contributed by atoms with Gasteiger partial charge in [0.15, 0.2) is 0 Å². The number of hydrogen-bond donors (Lipinski definition) is 2. The fourth-order valence-electron chi connectivity index (χ4n) is 2.70. The van der Waals surface area contributed by atoms with E-state index in [-0.39, 0.29) is 5.91 Å². The number of aromatic nitrogens is 2. The minimum atomic E-state index is -0.200. The Labute approximate surface area is 169 Å². The van der Waals surface area contributed by atoms with Crippen molar-refractivity contribution in [1.82, 2.24) is 15.1 Å². The van der Waals surface area contributed by atoms with Crippen molar-refractivity contribution in [2.75, 3.05) is 31.6 Å². The van der Waals surface area contributed by atoms with Crippen LogP contribution < -0.4 is 10.6 Å². The maximum Gasteiger partial charge on any atom is 0.273 e. The molecule has 4 rings (SSSR count). The van der Waals surface area contributed by atoms with Crippen LogP contribution in [0.5, 0.6) is 0 Å². The van der Waals surface area contributed by atoms with Gasteiger partial charge in [-0.05, 0) is 30.3 Å². The average Bonchev–Trinajstić information content (AvgIpc) is 3.12. The Hall–Kier alpha value is -2.67. The number of nitrogens with one attached hydrogen (secondary N) is 2. The van der Waals surface area contributed by atoms with Crippen LogP contribution >= 0.6 is 11.6 Å². The molecule has 0 unspecified atom stereocenters. The Balaban J connectivity index is 0.000000320. The number of ether oxygens (including phenoxy) is 1. The number of amides is 1. The molecule has 1 aliphatic heterocycles. The van der Waals surface area contributed by atoms with E-state index in [0.29, 0.717) is 16.4 Å². The Morgan fingerprint density at radius 1 is 1.11 bits per heavy atom. The number of hydrogen-bond acceptors (Lipinski definition) is 4. The van der Waals surface area contributed by atoms with Crippen LogP contribution in [0, 0.1) is 0 Å². The largest absolute Gasteiger partial charge is 0.379 e. The molecule has 0 spiro atoms. The molecule has 1 aromatic heterocycles. The van der Waals surface area contributed by atoms with Crippen molar-refractivity contribution in [1.29, 1.82) is 0 Å². The zero-order valence-corrected chi connectivity index (χ0v) is 16.4. The molecule has 0 aliphatic carbocycles. The van der Waals surface area contributed by atoms with E-state index in [2.05, 4.69) is 15.7 Å². The molecule has 0 saturated carbocycles. The van der Waals surface area contributed by atoms with Crippen molar-refractivity contribution in [2.45, 2.75) is 0 Å². The monoisotopic (exact) mass is 398 g/mol. The summed E-state index contributed by atoms with van der Waals surface area (Å²) in [5.74, 6) is -0.200. The highest BCUT2D eigenvalue weighted by Crippen LogP contribution is 2.22. The molecule has 28 heavy (non-hydrogen) atoms. The maximum atomic E-state index is 12.3. The van der Waals surface area contributed by atoms with Gasteiger partial charge in [-0.1, -0.05) is 41.9 Å². The summed E-state index contributed by atoms with van der Waals surface area (Å²) in [6.07, 6.45) is 0. The standard InChI is InChI=1S/C17H14ClN3O.C4H9NO/c1-21-16(17(22)19-14-8-3-2-4-9-14)11-15(20-21)12-6-5-7-13(18)10-12;1-3-6-4-2-5-1/h2-11H,1H3,(H,19,22);5H,1-4H2. The van der Waals surface area contributed by atoms with Gasteiger partial charge in [0.25, 0.3) is 5.91 Å². The summed E-state index contributed by atoms with van der Waals surface area (Å²) in [6.45, 7) is 3.83. The van der Waals surface area contributed by atoms with Crippen LogP contribution in [0.1, 0.15) is 10.5 Å². The minimum Gasteiger partial charge on any atom is -0.379 e. The van der Waals surface area contributed by atoms with Crippen molar-refractivity contribution in [3.63, 3.8) is 0 Å². The number of halogens is 1. The quantitative estimate of drug-likeness (QED) is 0.707. The van der Waals surface area contributed by atoms with Crippen LogP contribution in [0.4, 0.5) is 5.69 Å². The predicted octanol–water partition coefficient (Wildman–Crippen LogP) is 3.60. The second-order valence-electron chi connectivity index (χ2n) is 6.23. The van der Waals surface area contributed by atoms with Crippen molar-refractivity contribution in [2.24, 2.45) is 7.05 Å². The highest BCUT2D eigenvalue weighted by atomic mass is 35.5. The molecule has 0 bridgehead atoms. The van der Waals surface area contributed by atoms with Crippen LogP contribution in [-0.4, -0.2) is 42.0 Å². The summed E-state index contributed by atoms with van der Waals surface area (Å²) in [7, 11) is 1.74. The Bertz CT molecular complexity index is 896. The van der Waals surface area contributed by atoms with Crippen LogP contribution in [0.25, 0.3) is 11.3 Å². The van der Waals surface area contributed by atoms with E-state index in [4.69, 9.17) is 16.3 Å². The van der Waals surface area contributed by atoms with Gasteiger partial charge in [-0.15, -0.1) is 0 Å². The fourth-order valence-corrected chi connectivity index (χ4v) is 2.89. The highest BCUT2D eigenvalue weighted by Gasteiger charge is 2.14. The van der Waals surface area contributed by atoms with E-state index >= 15 is 0 Å². The molecule has 1 amide bonds. The smallest absolute Gasteiger partial charge is 0.273 e. The molecule has 2 N–H and O–H groups in total. The molecule has 7 heteroatoms. The molecule has 0 atom stereocenters. The number of para-hydroxylation sites is 1. The third-order valence-corrected chi connectivity index (χ3v) is 4.35. The van der Waals surface area contributed by atoms with E-state index in [1.165, 1.54) is 0 Å². The van der Waals surface area contributed by atoms with E-state index in [1.807, 2.05) is 48.5 Å². The van der Waals surface area contributed by atoms with Gasteiger partial charge >= 0.3 is 0 Å². The summed E-state index contributed by atoms with van der Waals surface area (Å²) in [5, 5.41) is 11.0. The lowest BCUT2D eigenvalue weighted by atomic mass is 10.1. The first-order valence-corrected chi connectivity index (χ1v) is 9.46. The van der Waals surface area contributed by atoms with Crippen molar-refractivity contribution in [3.8, 4) is 11.3 Å². The number of benzene rings is 2. The summed E-state index contributed by atoms with van der Waals surface area (Å²) in [5.41, 5.74) is 2.82. The molecule has 2 aromatic carbocycles. The number of carbonyl (C=O) groups excluding carboxylic acids is 1. The van der Waals surface area contributed by atoms with Crippen LogP contribution in [-0.2, 0) is 11.8 Å².